The van der Waals surface area contributed by atoms with Gasteiger partial charge in [-0.2, -0.15) is 10.2 Å². The molecule has 8 heteroatoms. The number of carbonyl (C=O) groups excluding carboxylic acids is 1. The molecule has 0 atom stereocenters. The second-order valence-corrected chi connectivity index (χ2v) is 7.25. The minimum absolute atomic E-state index is 0.192. The lowest BCUT2D eigenvalue weighted by Gasteiger charge is -2.09. The Kier molecular flexibility index (Phi) is 5.79. The third-order valence-corrected chi connectivity index (χ3v) is 4.74. The number of aromatic nitrogens is 4. The number of aryl methyl sites for hydroxylation is 2. The fourth-order valence-corrected chi connectivity index (χ4v) is 3.16. The molecule has 0 fully saturated rings. The van der Waals surface area contributed by atoms with Crippen LogP contribution < -0.4 is 10.1 Å². The van der Waals surface area contributed by atoms with Gasteiger partial charge in [0.1, 0.15) is 11.6 Å². The van der Waals surface area contributed by atoms with E-state index in [1.165, 1.54) is 17.8 Å². The minimum atomic E-state index is -0.365. The van der Waals surface area contributed by atoms with Gasteiger partial charge in [0, 0.05) is 18.0 Å². The molecule has 2 heterocycles. The molecule has 4 rings (SSSR count). The van der Waals surface area contributed by atoms with Gasteiger partial charge in [-0.1, -0.05) is 35.9 Å². The van der Waals surface area contributed by atoms with E-state index >= 15 is 0 Å². The highest BCUT2D eigenvalue weighted by atomic mass is 19.1. The summed E-state index contributed by atoms with van der Waals surface area (Å²) >= 11 is 0. The number of nitrogens with one attached hydrogen (secondary N) is 1. The number of benzene rings is 2. The van der Waals surface area contributed by atoms with Gasteiger partial charge in [-0.3, -0.25) is 9.48 Å². The Morgan fingerprint density at radius 2 is 1.97 bits per heavy atom. The van der Waals surface area contributed by atoms with E-state index in [4.69, 9.17) is 4.74 Å². The van der Waals surface area contributed by atoms with Crippen LogP contribution >= 0.6 is 0 Å². The number of nitrogens with zero attached hydrogens (tertiary/aromatic N) is 4. The number of rotatable bonds is 7. The predicted octanol–water partition coefficient (Wildman–Crippen LogP) is 4.17. The molecule has 1 N–H and O–H groups in total. The summed E-state index contributed by atoms with van der Waals surface area (Å²) in [4.78, 5) is 12.5. The highest BCUT2D eigenvalue weighted by Gasteiger charge is 2.12. The maximum atomic E-state index is 13.8. The third kappa shape index (κ3) is 4.98. The van der Waals surface area contributed by atoms with Crippen molar-refractivity contribution in [3.8, 4) is 5.75 Å². The van der Waals surface area contributed by atoms with Crippen LogP contribution in [0.15, 0.2) is 67.1 Å². The van der Waals surface area contributed by atoms with Gasteiger partial charge in [0.15, 0.2) is 12.4 Å². The first-order chi connectivity index (χ1) is 15.0. The number of hydrogen-bond acceptors (Lipinski definition) is 4. The van der Waals surface area contributed by atoms with E-state index in [0.29, 0.717) is 11.3 Å². The smallest absolute Gasteiger partial charge is 0.276 e. The first kappa shape index (κ1) is 20.3. The van der Waals surface area contributed by atoms with E-state index in [1.807, 2.05) is 32.0 Å². The van der Waals surface area contributed by atoms with Crippen molar-refractivity contribution in [2.24, 2.45) is 0 Å². The Morgan fingerprint density at radius 3 is 2.77 bits per heavy atom. The largest absolute Gasteiger partial charge is 0.471 e. The lowest BCUT2D eigenvalue weighted by atomic mass is 10.1. The fourth-order valence-electron chi connectivity index (χ4n) is 3.16. The molecule has 0 aliphatic carbocycles. The Hall–Kier alpha value is -3.94. The molecule has 1 amide bonds. The van der Waals surface area contributed by atoms with Crippen LogP contribution in [0.5, 0.6) is 5.75 Å². The molecule has 2 aromatic heterocycles. The zero-order valence-corrected chi connectivity index (χ0v) is 17.2. The van der Waals surface area contributed by atoms with Gasteiger partial charge < -0.3 is 10.1 Å². The molecule has 0 saturated heterocycles. The summed E-state index contributed by atoms with van der Waals surface area (Å²) in [5.41, 5.74) is 3.48. The van der Waals surface area contributed by atoms with Gasteiger partial charge in [-0.05, 0) is 37.6 Å². The van der Waals surface area contributed by atoms with Crippen molar-refractivity contribution in [1.29, 1.82) is 0 Å². The molecule has 4 aromatic rings. The van der Waals surface area contributed by atoms with Gasteiger partial charge in [-0.25, -0.2) is 9.07 Å². The van der Waals surface area contributed by atoms with E-state index in [-0.39, 0.29) is 30.7 Å². The van der Waals surface area contributed by atoms with Gasteiger partial charge in [0.05, 0.1) is 18.4 Å². The van der Waals surface area contributed by atoms with E-state index < -0.39 is 0 Å². The molecule has 0 spiro atoms. The summed E-state index contributed by atoms with van der Waals surface area (Å²) in [7, 11) is 0. The van der Waals surface area contributed by atoms with Crippen LogP contribution in [0.4, 0.5) is 10.1 Å². The first-order valence-corrected chi connectivity index (χ1v) is 9.78. The summed E-state index contributed by atoms with van der Waals surface area (Å²) < 4.78 is 22.7. The molecular weight excluding hydrogens is 397 g/mol. The molecule has 0 aliphatic heterocycles. The molecule has 7 nitrogen and oxygen atoms in total. The van der Waals surface area contributed by atoms with Crippen LogP contribution in [0.1, 0.15) is 27.2 Å². The summed E-state index contributed by atoms with van der Waals surface area (Å²) in [6, 6.07) is 14.1. The topological polar surface area (TPSA) is 74.0 Å². The Bertz CT molecular complexity index is 1210. The van der Waals surface area contributed by atoms with Gasteiger partial charge in [-0.15, -0.1) is 0 Å². The lowest BCUT2D eigenvalue weighted by molar-refractivity contribution is 0.102. The number of anilines is 1. The molecule has 31 heavy (non-hydrogen) atoms. The standard InChI is InChI=1S/C23H22FN5O2/c1-16-7-8-22(17(2)11-16)31-15-28-10-9-21(27-28)23(30)26-19-12-25-29(14-19)13-18-5-3-4-6-20(18)24/h3-12,14H,13,15H2,1-2H3,(H,26,30). The van der Waals surface area contributed by atoms with Crippen LogP contribution in [-0.2, 0) is 13.3 Å². The van der Waals surface area contributed by atoms with Crippen LogP contribution in [0.3, 0.4) is 0 Å². The van der Waals surface area contributed by atoms with Gasteiger partial charge >= 0.3 is 0 Å². The number of carbonyl (C=O) groups is 1. The van der Waals surface area contributed by atoms with Crippen molar-refractivity contribution >= 4 is 11.6 Å². The zero-order valence-electron chi connectivity index (χ0n) is 17.2. The summed E-state index contributed by atoms with van der Waals surface area (Å²) in [6.07, 6.45) is 4.84. The molecule has 158 valence electrons. The Balaban J connectivity index is 1.35. The van der Waals surface area contributed by atoms with Crippen LogP contribution in [-0.4, -0.2) is 25.5 Å². The lowest BCUT2D eigenvalue weighted by Crippen LogP contribution is -2.14. The quantitative estimate of drug-likeness (QED) is 0.488. The predicted molar refractivity (Wildman–Crippen MR) is 114 cm³/mol. The highest BCUT2D eigenvalue weighted by Crippen LogP contribution is 2.19. The zero-order chi connectivity index (χ0) is 21.8. The van der Waals surface area contributed by atoms with Crippen molar-refractivity contribution < 1.29 is 13.9 Å². The second-order valence-electron chi connectivity index (χ2n) is 7.25. The molecule has 0 bridgehead atoms. The summed E-state index contributed by atoms with van der Waals surface area (Å²) in [5.74, 6) is 0.113. The maximum absolute atomic E-state index is 13.8. The van der Waals surface area contributed by atoms with Crippen molar-refractivity contribution in [3.63, 3.8) is 0 Å². The Morgan fingerprint density at radius 1 is 1.13 bits per heavy atom. The van der Waals surface area contributed by atoms with E-state index in [2.05, 4.69) is 15.5 Å². The summed E-state index contributed by atoms with van der Waals surface area (Å²) in [6.45, 7) is 4.47. The third-order valence-electron chi connectivity index (χ3n) is 4.74. The molecule has 0 unspecified atom stereocenters. The van der Waals surface area contributed by atoms with Crippen LogP contribution in [0.25, 0.3) is 0 Å². The normalized spacial score (nSPS) is 10.8. The molecule has 0 radical (unpaired) electrons. The second kappa shape index (κ2) is 8.83. The van der Waals surface area contributed by atoms with E-state index in [9.17, 15) is 9.18 Å². The average Bonchev–Trinajstić information content (AvgIpc) is 3.39. The minimum Gasteiger partial charge on any atom is -0.471 e. The number of ether oxygens (including phenoxy) is 1. The number of halogens is 1. The SMILES string of the molecule is Cc1ccc(OCn2ccc(C(=O)Nc3cnn(Cc4ccccc4F)c3)n2)c(C)c1. The Labute approximate surface area is 179 Å². The van der Waals surface area contributed by atoms with Crippen LogP contribution in [0, 0.1) is 19.7 Å². The first-order valence-electron chi connectivity index (χ1n) is 9.78. The van der Waals surface area contributed by atoms with Crippen LogP contribution in [0.2, 0.25) is 0 Å². The van der Waals surface area contributed by atoms with Crippen molar-refractivity contribution in [3.05, 3.63) is 95.3 Å². The average molecular weight is 419 g/mol. The monoisotopic (exact) mass is 419 g/mol. The molecule has 2 aromatic carbocycles. The van der Waals surface area contributed by atoms with E-state index in [0.717, 1.165) is 11.3 Å². The fraction of sp³-hybridized carbons (Fsp3) is 0.174. The van der Waals surface area contributed by atoms with Crippen molar-refractivity contribution in [2.45, 2.75) is 27.1 Å². The molecular formula is C23H22FN5O2. The van der Waals surface area contributed by atoms with Crippen molar-refractivity contribution in [2.75, 3.05) is 5.32 Å². The van der Waals surface area contributed by atoms with E-state index in [1.54, 1.807) is 46.0 Å². The highest BCUT2D eigenvalue weighted by molar-refractivity contribution is 6.02. The van der Waals surface area contributed by atoms with Gasteiger partial charge in [0.25, 0.3) is 5.91 Å². The maximum Gasteiger partial charge on any atom is 0.276 e. The molecule has 0 saturated carbocycles. The number of hydrogen-bond donors (Lipinski definition) is 1. The molecule has 0 aliphatic rings. The van der Waals surface area contributed by atoms with Gasteiger partial charge in [0.2, 0.25) is 0 Å². The number of amides is 1. The van der Waals surface area contributed by atoms with Crippen molar-refractivity contribution in [1.82, 2.24) is 19.6 Å². The summed E-state index contributed by atoms with van der Waals surface area (Å²) in [5, 5.41) is 11.2.